The van der Waals surface area contributed by atoms with E-state index in [4.69, 9.17) is 0 Å². The molecule has 0 saturated carbocycles. The van der Waals surface area contributed by atoms with Crippen LogP contribution in [0.3, 0.4) is 0 Å². The first-order valence-corrected chi connectivity index (χ1v) is 7.68. The van der Waals surface area contributed by atoms with Crippen LogP contribution in [-0.4, -0.2) is 5.78 Å². The normalized spacial score (nSPS) is 18.0. The van der Waals surface area contributed by atoms with Gasteiger partial charge in [-0.1, -0.05) is 67.6 Å². The van der Waals surface area contributed by atoms with Gasteiger partial charge < -0.3 is 0 Å². The maximum absolute atomic E-state index is 12.3. The van der Waals surface area contributed by atoms with Crippen molar-refractivity contribution in [3.63, 3.8) is 0 Å². The molecule has 1 nitrogen and oxygen atoms in total. The molecule has 21 heavy (non-hydrogen) atoms. The summed E-state index contributed by atoms with van der Waals surface area (Å²) in [6, 6.07) is 20.9. The van der Waals surface area contributed by atoms with E-state index < -0.39 is 0 Å². The highest BCUT2D eigenvalue weighted by molar-refractivity contribution is 6.04. The van der Waals surface area contributed by atoms with Gasteiger partial charge in [0.25, 0.3) is 0 Å². The summed E-state index contributed by atoms with van der Waals surface area (Å²) in [5.41, 5.74) is 5.03. The molecule has 0 spiro atoms. The highest BCUT2D eigenvalue weighted by atomic mass is 16.1. The van der Waals surface area contributed by atoms with Crippen molar-refractivity contribution in [2.45, 2.75) is 26.2 Å². The van der Waals surface area contributed by atoms with Crippen LogP contribution in [0.15, 0.2) is 60.7 Å². The quantitative estimate of drug-likeness (QED) is 0.769. The van der Waals surface area contributed by atoms with E-state index in [-0.39, 0.29) is 5.92 Å². The lowest BCUT2D eigenvalue weighted by atomic mass is 9.88. The van der Waals surface area contributed by atoms with Crippen molar-refractivity contribution in [3.8, 4) is 0 Å². The van der Waals surface area contributed by atoms with Crippen LogP contribution >= 0.6 is 0 Å². The molecule has 2 aromatic rings. The molecule has 3 rings (SSSR count). The largest absolute Gasteiger partial charge is 0.299 e. The fourth-order valence-corrected chi connectivity index (χ4v) is 3.28. The van der Waals surface area contributed by atoms with E-state index in [1.807, 2.05) is 19.1 Å². The molecule has 1 heteroatoms. The van der Waals surface area contributed by atoms with E-state index in [2.05, 4.69) is 48.5 Å². The predicted molar refractivity (Wildman–Crippen MR) is 87.7 cm³/mol. The minimum Gasteiger partial charge on any atom is -0.299 e. The maximum Gasteiger partial charge on any atom is 0.140 e. The number of ketones is 1. The molecule has 0 bridgehead atoms. The Morgan fingerprint density at radius 3 is 2.10 bits per heavy atom. The van der Waals surface area contributed by atoms with Crippen molar-refractivity contribution in [1.82, 2.24) is 0 Å². The van der Waals surface area contributed by atoms with E-state index in [1.54, 1.807) is 0 Å². The van der Waals surface area contributed by atoms with Crippen LogP contribution in [0.25, 0.3) is 11.1 Å². The number of carbonyl (C=O) groups is 1. The average molecular weight is 276 g/mol. The Bertz CT molecular complexity index is 653. The maximum atomic E-state index is 12.3. The molecule has 0 saturated heterocycles. The van der Waals surface area contributed by atoms with E-state index in [0.717, 1.165) is 12.8 Å². The summed E-state index contributed by atoms with van der Waals surface area (Å²) in [5.74, 6) is 0.424. The summed E-state index contributed by atoms with van der Waals surface area (Å²) in [6.45, 7) is 1.96. The molecule has 2 aromatic carbocycles. The van der Waals surface area contributed by atoms with Crippen molar-refractivity contribution in [2.75, 3.05) is 0 Å². The van der Waals surface area contributed by atoms with Crippen LogP contribution in [-0.2, 0) is 4.79 Å². The first-order valence-electron chi connectivity index (χ1n) is 7.68. The summed E-state index contributed by atoms with van der Waals surface area (Å²) in [5, 5.41) is 0. The molecule has 0 N–H and O–H groups in total. The van der Waals surface area contributed by atoms with E-state index in [0.29, 0.717) is 12.2 Å². The molecule has 1 unspecified atom stereocenters. The third kappa shape index (κ3) is 2.69. The molecular weight excluding hydrogens is 256 g/mol. The number of allylic oxidation sites excluding steroid dienone is 2. The standard InChI is InChI=1S/C20H20O/c1-2-19(21)18-14-13-17(15-9-5-3-6-10-15)20(18)16-11-7-4-8-12-16/h3-12,18H,2,13-14H2,1H3. The number of hydrogen-bond acceptors (Lipinski definition) is 1. The highest BCUT2D eigenvalue weighted by Crippen LogP contribution is 2.44. The molecule has 0 heterocycles. The molecule has 0 aliphatic heterocycles. The number of carbonyl (C=O) groups excluding carboxylic acids is 1. The Balaban J connectivity index is 2.13. The second-order valence-electron chi connectivity index (χ2n) is 5.54. The molecular formula is C20H20O. The smallest absolute Gasteiger partial charge is 0.140 e. The second kappa shape index (κ2) is 6.09. The molecule has 1 aliphatic carbocycles. The van der Waals surface area contributed by atoms with Crippen molar-refractivity contribution >= 4 is 16.9 Å². The van der Waals surface area contributed by atoms with Gasteiger partial charge in [0.15, 0.2) is 0 Å². The van der Waals surface area contributed by atoms with Crippen molar-refractivity contribution in [2.24, 2.45) is 5.92 Å². The van der Waals surface area contributed by atoms with Crippen LogP contribution in [0.5, 0.6) is 0 Å². The first kappa shape index (κ1) is 13.8. The van der Waals surface area contributed by atoms with Gasteiger partial charge in [0.2, 0.25) is 0 Å². The lowest BCUT2D eigenvalue weighted by Crippen LogP contribution is -2.12. The lowest BCUT2D eigenvalue weighted by Gasteiger charge is -2.15. The number of hydrogen-bond donors (Lipinski definition) is 0. The van der Waals surface area contributed by atoms with Crippen LogP contribution in [0, 0.1) is 5.92 Å². The number of Topliss-reactive ketones (excluding diaryl/α,β-unsaturated/α-hetero) is 1. The monoisotopic (exact) mass is 276 g/mol. The molecule has 106 valence electrons. The summed E-state index contributed by atoms with van der Waals surface area (Å²) >= 11 is 0. The van der Waals surface area contributed by atoms with Crippen molar-refractivity contribution in [1.29, 1.82) is 0 Å². The van der Waals surface area contributed by atoms with Crippen molar-refractivity contribution < 1.29 is 4.79 Å². The number of benzene rings is 2. The fraction of sp³-hybridized carbons (Fsp3) is 0.250. The van der Waals surface area contributed by atoms with Gasteiger partial charge in [-0.25, -0.2) is 0 Å². The van der Waals surface area contributed by atoms with Gasteiger partial charge in [0.05, 0.1) is 0 Å². The molecule has 0 radical (unpaired) electrons. The van der Waals surface area contributed by atoms with Crippen LogP contribution in [0.2, 0.25) is 0 Å². The summed E-state index contributed by atoms with van der Waals surface area (Å²) < 4.78 is 0. The lowest BCUT2D eigenvalue weighted by molar-refractivity contribution is -0.120. The third-order valence-electron chi connectivity index (χ3n) is 4.30. The summed E-state index contributed by atoms with van der Waals surface area (Å²) in [7, 11) is 0. The topological polar surface area (TPSA) is 17.1 Å². The van der Waals surface area contributed by atoms with Gasteiger partial charge in [0, 0.05) is 12.3 Å². The zero-order chi connectivity index (χ0) is 14.7. The van der Waals surface area contributed by atoms with Crippen molar-refractivity contribution in [3.05, 3.63) is 71.8 Å². The molecule has 0 fully saturated rings. The van der Waals surface area contributed by atoms with E-state index in [1.165, 1.54) is 22.3 Å². The summed E-state index contributed by atoms with van der Waals surface area (Å²) in [4.78, 5) is 12.3. The Kier molecular flexibility index (Phi) is 4.01. The van der Waals surface area contributed by atoms with Gasteiger partial charge in [-0.3, -0.25) is 4.79 Å². The van der Waals surface area contributed by atoms with Gasteiger partial charge in [-0.15, -0.1) is 0 Å². The van der Waals surface area contributed by atoms with Gasteiger partial charge in [0.1, 0.15) is 5.78 Å². The van der Waals surface area contributed by atoms with E-state index in [9.17, 15) is 4.79 Å². The Hall–Kier alpha value is -2.15. The molecule has 1 aliphatic rings. The molecule has 1 atom stereocenters. The minimum absolute atomic E-state index is 0.0626. The number of rotatable bonds is 4. The van der Waals surface area contributed by atoms with Gasteiger partial charge in [-0.2, -0.15) is 0 Å². The Morgan fingerprint density at radius 1 is 0.952 bits per heavy atom. The zero-order valence-electron chi connectivity index (χ0n) is 12.4. The highest BCUT2D eigenvalue weighted by Gasteiger charge is 2.31. The fourth-order valence-electron chi connectivity index (χ4n) is 3.28. The van der Waals surface area contributed by atoms with Crippen LogP contribution in [0.4, 0.5) is 0 Å². The van der Waals surface area contributed by atoms with Crippen LogP contribution in [0.1, 0.15) is 37.3 Å². The summed E-state index contributed by atoms with van der Waals surface area (Å²) in [6.07, 6.45) is 2.55. The van der Waals surface area contributed by atoms with Gasteiger partial charge in [-0.05, 0) is 35.1 Å². The van der Waals surface area contributed by atoms with Crippen LogP contribution < -0.4 is 0 Å². The average Bonchev–Trinajstić information content (AvgIpc) is 3.00. The SMILES string of the molecule is CCC(=O)C1CCC(c2ccccc2)=C1c1ccccc1. The predicted octanol–water partition coefficient (Wildman–Crippen LogP) is 4.99. The molecule has 0 aromatic heterocycles. The molecule has 0 amide bonds. The Morgan fingerprint density at radius 2 is 1.52 bits per heavy atom. The first-order chi connectivity index (χ1) is 10.3. The second-order valence-corrected chi connectivity index (χ2v) is 5.54. The zero-order valence-corrected chi connectivity index (χ0v) is 12.4. The third-order valence-corrected chi connectivity index (χ3v) is 4.30. The van der Waals surface area contributed by atoms with Gasteiger partial charge >= 0.3 is 0 Å². The minimum atomic E-state index is 0.0626. The Labute approximate surface area is 126 Å². The van der Waals surface area contributed by atoms with E-state index >= 15 is 0 Å².